The Labute approximate surface area is 138 Å². The molecule has 1 aromatic rings. The molecular weight excluding hydrogens is 313 g/mol. The summed E-state index contributed by atoms with van der Waals surface area (Å²) in [4.78, 5) is 16.0. The quantitative estimate of drug-likeness (QED) is 0.880. The van der Waals surface area contributed by atoms with Crippen LogP contribution >= 0.6 is 24.8 Å². The van der Waals surface area contributed by atoms with Gasteiger partial charge in [-0.15, -0.1) is 24.8 Å². The maximum Gasteiger partial charge on any atom is 0.261 e. The third kappa shape index (κ3) is 6.08. The summed E-state index contributed by atoms with van der Waals surface area (Å²) in [5.74, 6) is 1.03. The van der Waals surface area contributed by atoms with Crippen LogP contribution in [0.3, 0.4) is 0 Å². The van der Waals surface area contributed by atoms with Crippen LogP contribution < -0.4 is 15.4 Å². The highest BCUT2D eigenvalue weighted by Gasteiger charge is 2.25. The molecule has 2 heterocycles. The number of piperidine rings is 1. The summed E-state index contributed by atoms with van der Waals surface area (Å²) in [6.45, 7) is 5.77. The second-order valence-corrected chi connectivity index (χ2v) is 5.03. The van der Waals surface area contributed by atoms with Crippen molar-refractivity contribution in [1.82, 2.24) is 15.6 Å². The van der Waals surface area contributed by atoms with Crippen LogP contribution in [-0.4, -0.2) is 36.1 Å². The van der Waals surface area contributed by atoms with E-state index in [1.165, 1.54) is 0 Å². The maximum atomic E-state index is 12.1. The highest BCUT2D eigenvalue weighted by molar-refractivity contribution is 5.85. The molecule has 1 fully saturated rings. The fourth-order valence-electron chi connectivity index (χ4n) is 2.16. The van der Waals surface area contributed by atoms with Gasteiger partial charge in [-0.2, -0.15) is 0 Å². The van der Waals surface area contributed by atoms with Crippen LogP contribution in [0.25, 0.3) is 0 Å². The van der Waals surface area contributed by atoms with Crippen LogP contribution in [-0.2, 0) is 4.79 Å². The second-order valence-electron chi connectivity index (χ2n) is 5.03. The zero-order chi connectivity index (χ0) is 13.7. The van der Waals surface area contributed by atoms with E-state index in [9.17, 15) is 4.79 Å². The number of carbonyl (C=O) groups is 1. The van der Waals surface area contributed by atoms with Gasteiger partial charge in [0, 0.05) is 18.8 Å². The molecule has 3 atom stereocenters. The van der Waals surface area contributed by atoms with Gasteiger partial charge in [0.05, 0.1) is 6.20 Å². The van der Waals surface area contributed by atoms with E-state index in [0.29, 0.717) is 11.7 Å². The van der Waals surface area contributed by atoms with Gasteiger partial charge in [0.15, 0.2) is 6.10 Å². The molecule has 5 nitrogen and oxygen atoms in total. The summed E-state index contributed by atoms with van der Waals surface area (Å²) in [7, 11) is 0. The largest absolute Gasteiger partial charge is 0.479 e. The molecule has 21 heavy (non-hydrogen) atoms. The molecule has 2 N–H and O–H groups in total. The number of nitrogens with one attached hydrogen (secondary N) is 2. The molecule has 1 aromatic heterocycles. The number of aromatic nitrogens is 1. The lowest BCUT2D eigenvalue weighted by atomic mass is 9.95. The van der Waals surface area contributed by atoms with Crippen molar-refractivity contribution in [2.45, 2.75) is 32.4 Å². The molecule has 0 aliphatic carbocycles. The van der Waals surface area contributed by atoms with Gasteiger partial charge in [0.1, 0.15) is 5.75 Å². The molecule has 120 valence electrons. The number of hydrogen-bond donors (Lipinski definition) is 2. The average molecular weight is 336 g/mol. The van der Waals surface area contributed by atoms with Gasteiger partial charge in [-0.3, -0.25) is 9.78 Å². The molecule has 7 heteroatoms. The van der Waals surface area contributed by atoms with Crippen molar-refractivity contribution in [3.05, 3.63) is 24.5 Å². The van der Waals surface area contributed by atoms with Gasteiger partial charge >= 0.3 is 0 Å². The number of nitrogens with zero attached hydrogens (tertiary/aromatic N) is 1. The predicted molar refractivity (Wildman–Crippen MR) is 87.4 cm³/mol. The molecule has 1 aliphatic rings. The molecule has 0 bridgehead atoms. The summed E-state index contributed by atoms with van der Waals surface area (Å²) >= 11 is 0. The van der Waals surface area contributed by atoms with Crippen molar-refractivity contribution in [3.8, 4) is 5.75 Å². The van der Waals surface area contributed by atoms with Crippen molar-refractivity contribution in [3.63, 3.8) is 0 Å². The first-order valence-electron chi connectivity index (χ1n) is 6.74. The maximum absolute atomic E-state index is 12.1. The Hall–Kier alpha value is -1.04. The van der Waals surface area contributed by atoms with Crippen LogP contribution in [0.2, 0.25) is 0 Å². The van der Waals surface area contributed by atoms with E-state index in [1.807, 2.05) is 0 Å². The first-order valence-corrected chi connectivity index (χ1v) is 6.74. The summed E-state index contributed by atoms with van der Waals surface area (Å²) in [6.07, 6.45) is 3.85. The lowest BCUT2D eigenvalue weighted by Crippen LogP contribution is -2.52. The molecular formula is C14H23Cl2N3O2. The Morgan fingerprint density at radius 3 is 2.90 bits per heavy atom. The Morgan fingerprint density at radius 1 is 1.52 bits per heavy atom. The molecule has 3 unspecified atom stereocenters. The molecule has 0 radical (unpaired) electrons. The van der Waals surface area contributed by atoms with Crippen LogP contribution in [0.4, 0.5) is 0 Å². The minimum Gasteiger partial charge on any atom is -0.479 e. The Kier molecular flexibility index (Phi) is 9.33. The molecule has 0 spiro atoms. The van der Waals surface area contributed by atoms with Gasteiger partial charge < -0.3 is 15.4 Å². The van der Waals surface area contributed by atoms with E-state index in [4.69, 9.17) is 4.74 Å². The van der Waals surface area contributed by atoms with Crippen molar-refractivity contribution in [1.29, 1.82) is 0 Å². The highest BCUT2D eigenvalue weighted by atomic mass is 35.5. The smallest absolute Gasteiger partial charge is 0.261 e. The normalized spacial score (nSPS) is 22.2. The SMILES string of the molecule is CC(Oc1cccnc1)C(=O)NC1CNCCC1C.Cl.Cl. The van der Waals surface area contributed by atoms with E-state index < -0.39 is 6.10 Å². The van der Waals surface area contributed by atoms with Gasteiger partial charge in [-0.05, 0) is 37.9 Å². The van der Waals surface area contributed by atoms with E-state index in [-0.39, 0.29) is 36.8 Å². The first kappa shape index (κ1) is 20.0. The molecule has 0 aromatic carbocycles. The van der Waals surface area contributed by atoms with E-state index in [2.05, 4.69) is 22.5 Å². The number of carbonyl (C=O) groups excluding carboxylic acids is 1. The summed E-state index contributed by atoms with van der Waals surface area (Å²) < 4.78 is 5.56. The predicted octanol–water partition coefficient (Wildman–Crippen LogP) is 1.81. The van der Waals surface area contributed by atoms with E-state index in [0.717, 1.165) is 19.5 Å². The third-order valence-electron chi connectivity index (χ3n) is 3.47. The summed E-state index contributed by atoms with van der Waals surface area (Å²) in [5, 5.41) is 6.34. The second kappa shape index (κ2) is 9.82. The zero-order valence-electron chi connectivity index (χ0n) is 12.2. The molecule has 1 amide bonds. The van der Waals surface area contributed by atoms with E-state index >= 15 is 0 Å². The Balaban J connectivity index is 0.00000200. The van der Waals surface area contributed by atoms with Crippen molar-refractivity contribution in [2.75, 3.05) is 13.1 Å². The van der Waals surface area contributed by atoms with Crippen molar-refractivity contribution < 1.29 is 9.53 Å². The van der Waals surface area contributed by atoms with Gasteiger partial charge in [0.2, 0.25) is 0 Å². The minimum absolute atomic E-state index is 0. The van der Waals surface area contributed by atoms with Gasteiger partial charge in [-0.1, -0.05) is 6.92 Å². The average Bonchev–Trinajstić information content (AvgIpc) is 2.42. The van der Waals surface area contributed by atoms with Crippen molar-refractivity contribution >= 4 is 30.7 Å². The number of pyridine rings is 1. The molecule has 0 saturated carbocycles. The third-order valence-corrected chi connectivity index (χ3v) is 3.47. The Morgan fingerprint density at radius 2 is 2.29 bits per heavy atom. The molecule has 1 aliphatic heterocycles. The van der Waals surface area contributed by atoms with Crippen LogP contribution in [0.1, 0.15) is 20.3 Å². The van der Waals surface area contributed by atoms with Crippen LogP contribution in [0, 0.1) is 5.92 Å². The van der Waals surface area contributed by atoms with E-state index in [1.54, 1.807) is 31.5 Å². The minimum atomic E-state index is -0.515. The molecule has 2 rings (SSSR count). The van der Waals surface area contributed by atoms with Gasteiger partial charge in [0.25, 0.3) is 5.91 Å². The number of halogens is 2. The summed E-state index contributed by atoms with van der Waals surface area (Å²) in [5.41, 5.74) is 0. The van der Waals surface area contributed by atoms with Gasteiger partial charge in [-0.25, -0.2) is 0 Å². The lowest BCUT2D eigenvalue weighted by Gasteiger charge is -2.31. The van der Waals surface area contributed by atoms with Crippen molar-refractivity contribution in [2.24, 2.45) is 5.92 Å². The topological polar surface area (TPSA) is 63.2 Å². The zero-order valence-corrected chi connectivity index (χ0v) is 13.9. The molecule has 1 saturated heterocycles. The number of hydrogen-bond acceptors (Lipinski definition) is 4. The number of ether oxygens (including phenoxy) is 1. The first-order chi connectivity index (χ1) is 9.16. The monoisotopic (exact) mass is 335 g/mol. The fourth-order valence-corrected chi connectivity index (χ4v) is 2.16. The number of amides is 1. The lowest BCUT2D eigenvalue weighted by molar-refractivity contribution is -0.128. The Bertz CT molecular complexity index is 420. The highest BCUT2D eigenvalue weighted by Crippen LogP contribution is 2.13. The fraction of sp³-hybridized carbons (Fsp3) is 0.571. The summed E-state index contributed by atoms with van der Waals surface area (Å²) in [6, 6.07) is 3.76. The van der Waals surface area contributed by atoms with Crippen LogP contribution in [0.5, 0.6) is 5.75 Å². The number of rotatable bonds is 4. The standard InChI is InChI=1S/C14H21N3O2.2ClH/c1-10-5-7-16-9-13(10)17-14(18)11(2)19-12-4-3-6-15-8-12;;/h3-4,6,8,10-11,13,16H,5,7,9H2,1-2H3,(H,17,18);2*1H. The van der Waals surface area contributed by atoms with Crippen LogP contribution in [0.15, 0.2) is 24.5 Å².